The lowest BCUT2D eigenvalue weighted by molar-refractivity contribution is -0.117. The van der Waals surface area contributed by atoms with Crippen LogP contribution >= 0.6 is 0 Å². The van der Waals surface area contributed by atoms with Gasteiger partial charge in [-0.05, 0) is 30.7 Å². The Labute approximate surface area is 100 Å². The molecule has 1 aromatic rings. The fourth-order valence-corrected chi connectivity index (χ4v) is 1.87. The number of benzene rings is 1. The van der Waals surface area contributed by atoms with Gasteiger partial charge in [0.15, 0.2) is 0 Å². The Morgan fingerprint density at radius 1 is 1.29 bits per heavy atom. The molecule has 0 aromatic heterocycles. The van der Waals surface area contributed by atoms with E-state index in [4.69, 9.17) is 4.74 Å². The van der Waals surface area contributed by atoms with E-state index in [-0.39, 0.29) is 5.91 Å². The zero-order valence-corrected chi connectivity index (χ0v) is 9.59. The van der Waals surface area contributed by atoms with Crippen molar-refractivity contribution in [1.82, 2.24) is 0 Å². The van der Waals surface area contributed by atoms with Crippen LogP contribution < -0.4 is 9.64 Å². The van der Waals surface area contributed by atoms with E-state index in [1.54, 1.807) is 4.90 Å². The van der Waals surface area contributed by atoms with E-state index < -0.39 is 0 Å². The summed E-state index contributed by atoms with van der Waals surface area (Å²) in [7, 11) is 0. The van der Waals surface area contributed by atoms with Gasteiger partial charge in [-0.3, -0.25) is 4.79 Å². The first kappa shape index (κ1) is 11.6. The van der Waals surface area contributed by atoms with E-state index in [9.17, 15) is 9.59 Å². The van der Waals surface area contributed by atoms with Crippen LogP contribution in [-0.4, -0.2) is 25.3 Å². The summed E-state index contributed by atoms with van der Waals surface area (Å²) < 4.78 is 5.36. The third-order valence-electron chi connectivity index (χ3n) is 2.73. The zero-order chi connectivity index (χ0) is 12.1. The van der Waals surface area contributed by atoms with Crippen molar-refractivity contribution in [3.8, 4) is 5.75 Å². The Hall–Kier alpha value is -1.84. The number of aldehydes is 1. The van der Waals surface area contributed by atoms with Crippen molar-refractivity contribution in [1.29, 1.82) is 0 Å². The molecule has 1 amide bonds. The minimum atomic E-state index is 0.180. The van der Waals surface area contributed by atoms with Gasteiger partial charge in [0.25, 0.3) is 0 Å². The molecule has 2 rings (SSSR count). The lowest BCUT2D eigenvalue weighted by atomic mass is 10.3. The molecular formula is C13H15NO3. The molecule has 1 fully saturated rings. The maximum absolute atomic E-state index is 11.5. The molecule has 4 heteroatoms. The second-order valence-electron chi connectivity index (χ2n) is 3.95. The first-order valence-electron chi connectivity index (χ1n) is 5.78. The molecule has 0 spiro atoms. The predicted octanol–water partition coefficient (Wildman–Crippen LogP) is 1.78. The molecule has 90 valence electrons. The average molecular weight is 233 g/mol. The lowest BCUT2D eigenvalue weighted by Gasteiger charge is -2.15. The average Bonchev–Trinajstić information content (AvgIpc) is 2.77. The molecule has 0 N–H and O–H groups in total. The van der Waals surface area contributed by atoms with Crippen LogP contribution in [0.5, 0.6) is 5.75 Å². The van der Waals surface area contributed by atoms with Crippen molar-refractivity contribution in [2.75, 3.05) is 18.1 Å². The van der Waals surface area contributed by atoms with Crippen LogP contribution in [0, 0.1) is 0 Å². The lowest BCUT2D eigenvalue weighted by Crippen LogP contribution is -2.23. The molecule has 0 radical (unpaired) electrons. The van der Waals surface area contributed by atoms with Gasteiger partial charge in [-0.2, -0.15) is 0 Å². The fourth-order valence-electron chi connectivity index (χ4n) is 1.87. The molecule has 1 saturated heterocycles. The smallest absolute Gasteiger partial charge is 0.227 e. The zero-order valence-electron chi connectivity index (χ0n) is 9.59. The summed E-state index contributed by atoms with van der Waals surface area (Å²) in [6, 6.07) is 7.40. The highest BCUT2D eigenvalue weighted by atomic mass is 16.5. The van der Waals surface area contributed by atoms with E-state index in [1.807, 2.05) is 24.3 Å². The van der Waals surface area contributed by atoms with Gasteiger partial charge in [0.05, 0.1) is 6.61 Å². The molecule has 0 aliphatic carbocycles. The quantitative estimate of drug-likeness (QED) is 0.575. The summed E-state index contributed by atoms with van der Waals surface area (Å²) in [5.41, 5.74) is 0.912. The van der Waals surface area contributed by atoms with E-state index in [1.165, 1.54) is 0 Å². The van der Waals surface area contributed by atoms with Crippen LogP contribution in [0.2, 0.25) is 0 Å². The molecule has 0 atom stereocenters. The minimum absolute atomic E-state index is 0.180. The number of hydrogen-bond acceptors (Lipinski definition) is 3. The summed E-state index contributed by atoms with van der Waals surface area (Å²) in [6.45, 7) is 1.19. The van der Waals surface area contributed by atoms with Crippen molar-refractivity contribution in [2.24, 2.45) is 0 Å². The van der Waals surface area contributed by atoms with Crippen LogP contribution in [0.3, 0.4) is 0 Å². The van der Waals surface area contributed by atoms with Crippen molar-refractivity contribution in [2.45, 2.75) is 19.3 Å². The summed E-state index contributed by atoms with van der Waals surface area (Å²) in [5.74, 6) is 0.905. The number of rotatable bonds is 5. The topological polar surface area (TPSA) is 46.6 Å². The SMILES string of the molecule is O=CCCOc1ccc(N2CCCC2=O)cc1. The van der Waals surface area contributed by atoms with Crippen molar-refractivity contribution in [3.05, 3.63) is 24.3 Å². The van der Waals surface area contributed by atoms with Crippen LogP contribution in [-0.2, 0) is 9.59 Å². The highest BCUT2D eigenvalue weighted by Gasteiger charge is 2.21. The number of nitrogens with zero attached hydrogens (tertiary/aromatic N) is 1. The largest absolute Gasteiger partial charge is 0.493 e. The Bertz CT molecular complexity index is 400. The second kappa shape index (κ2) is 5.48. The monoisotopic (exact) mass is 233 g/mol. The third-order valence-corrected chi connectivity index (χ3v) is 2.73. The standard InChI is InChI=1S/C13H15NO3/c15-9-2-10-17-12-6-4-11(5-7-12)14-8-1-3-13(14)16/h4-7,9H,1-3,8,10H2. The molecule has 1 aliphatic heterocycles. The molecule has 1 aromatic carbocycles. The van der Waals surface area contributed by atoms with Gasteiger partial charge < -0.3 is 14.4 Å². The van der Waals surface area contributed by atoms with E-state index in [0.717, 1.165) is 30.7 Å². The van der Waals surface area contributed by atoms with Crippen molar-refractivity contribution >= 4 is 17.9 Å². The number of anilines is 1. The van der Waals surface area contributed by atoms with Gasteiger partial charge in [0.1, 0.15) is 12.0 Å². The molecule has 0 bridgehead atoms. The second-order valence-corrected chi connectivity index (χ2v) is 3.95. The van der Waals surface area contributed by atoms with E-state index in [2.05, 4.69) is 0 Å². The summed E-state index contributed by atoms with van der Waals surface area (Å²) in [4.78, 5) is 23.4. The molecule has 4 nitrogen and oxygen atoms in total. The van der Waals surface area contributed by atoms with E-state index >= 15 is 0 Å². The Morgan fingerprint density at radius 3 is 2.65 bits per heavy atom. The maximum atomic E-state index is 11.5. The normalized spacial score (nSPS) is 15.1. The van der Waals surface area contributed by atoms with Gasteiger partial charge in [-0.25, -0.2) is 0 Å². The number of hydrogen-bond donors (Lipinski definition) is 0. The van der Waals surface area contributed by atoms with Crippen molar-refractivity contribution < 1.29 is 14.3 Å². The molecule has 1 aliphatic rings. The molecule has 17 heavy (non-hydrogen) atoms. The number of carbonyl (C=O) groups excluding carboxylic acids is 2. The number of ether oxygens (including phenoxy) is 1. The van der Waals surface area contributed by atoms with Gasteiger partial charge >= 0.3 is 0 Å². The van der Waals surface area contributed by atoms with Gasteiger partial charge in [0.2, 0.25) is 5.91 Å². The maximum Gasteiger partial charge on any atom is 0.227 e. The molecule has 0 saturated carbocycles. The summed E-state index contributed by atoms with van der Waals surface area (Å²) in [6.07, 6.45) is 2.79. The fraction of sp³-hybridized carbons (Fsp3) is 0.385. The Balaban J connectivity index is 1.97. The van der Waals surface area contributed by atoms with Crippen LogP contribution in [0.25, 0.3) is 0 Å². The Kier molecular flexibility index (Phi) is 3.75. The van der Waals surface area contributed by atoms with Gasteiger partial charge in [-0.1, -0.05) is 0 Å². The Morgan fingerprint density at radius 2 is 2.06 bits per heavy atom. The molecule has 0 unspecified atom stereocenters. The first-order valence-corrected chi connectivity index (χ1v) is 5.78. The van der Waals surface area contributed by atoms with Crippen LogP contribution in [0.4, 0.5) is 5.69 Å². The third kappa shape index (κ3) is 2.84. The van der Waals surface area contributed by atoms with Gasteiger partial charge in [-0.15, -0.1) is 0 Å². The first-order chi connectivity index (χ1) is 8.31. The molecule has 1 heterocycles. The van der Waals surface area contributed by atoms with Crippen LogP contribution in [0.15, 0.2) is 24.3 Å². The highest BCUT2D eigenvalue weighted by Crippen LogP contribution is 2.23. The number of carbonyl (C=O) groups is 2. The minimum Gasteiger partial charge on any atom is -0.493 e. The van der Waals surface area contributed by atoms with Crippen molar-refractivity contribution in [3.63, 3.8) is 0 Å². The number of amides is 1. The van der Waals surface area contributed by atoms with Crippen LogP contribution in [0.1, 0.15) is 19.3 Å². The van der Waals surface area contributed by atoms with E-state index in [0.29, 0.717) is 19.4 Å². The predicted molar refractivity (Wildman–Crippen MR) is 64.2 cm³/mol. The summed E-state index contributed by atoms with van der Waals surface area (Å²) in [5, 5.41) is 0. The van der Waals surface area contributed by atoms with Gasteiger partial charge in [0, 0.05) is 25.1 Å². The summed E-state index contributed by atoms with van der Waals surface area (Å²) >= 11 is 0. The highest BCUT2D eigenvalue weighted by molar-refractivity contribution is 5.95. The molecular weight excluding hydrogens is 218 g/mol.